The predicted molar refractivity (Wildman–Crippen MR) is 63.0 cm³/mol. The number of benzene rings is 1. The van der Waals surface area contributed by atoms with E-state index in [0.717, 1.165) is 6.54 Å². The molecule has 1 aliphatic rings. The van der Waals surface area contributed by atoms with Crippen molar-refractivity contribution in [2.45, 2.75) is 24.8 Å². The molecule has 1 saturated heterocycles. The highest BCUT2D eigenvalue weighted by molar-refractivity contribution is 5.15. The van der Waals surface area contributed by atoms with Gasteiger partial charge in [0.15, 0.2) is 0 Å². The van der Waals surface area contributed by atoms with Crippen LogP contribution in [-0.2, 0) is 11.3 Å². The molecule has 2 N–H and O–H groups in total. The van der Waals surface area contributed by atoms with E-state index < -0.39 is 0 Å². The maximum Gasteiger partial charge on any atom is 0.109 e. The molecule has 1 heterocycles. The zero-order valence-electron chi connectivity index (χ0n) is 9.17. The summed E-state index contributed by atoms with van der Waals surface area (Å²) in [6.07, 6.45) is 1.89. The molecule has 16 heavy (non-hydrogen) atoms. The summed E-state index contributed by atoms with van der Waals surface area (Å²) in [6, 6.07) is 10.3. The van der Waals surface area contributed by atoms with Crippen LogP contribution in [0.25, 0.3) is 0 Å². The zero-order valence-corrected chi connectivity index (χ0v) is 9.17. The first kappa shape index (κ1) is 11.3. The van der Waals surface area contributed by atoms with Gasteiger partial charge in [0.25, 0.3) is 0 Å². The minimum Gasteiger partial charge on any atom is -0.394 e. The van der Waals surface area contributed by atoms with Gasteiger partial charge in [-0.3, -0.25) is 0 Å². The van der Waals surface area contributed by atoms with Crippen LogP contribution in [0.3, 0.4) is 0 Å². The van der Waals surface area contributed by atoms with Crippen LogP contribution >= 0.6 is 0 Å². The first-order chi connectivity index (χ1) is 7.85. The van der Waals surface area contributed by atoms with Gasteiger partial charge in [-0.2, -0.15) is 0 Å². The summed E-state index contributed by atoms with van der Waals surface area (Å²) in [5, 5.41) is 12.3. The Balaban J connectivity index is 1.82. The van der Waals surface area contributed by atoms with Crippen molar-refractivity contribution in [2.75, 3.05) is 6.61 Å². The van der Waals surface area contributed by atoms with Gasteiger partial charge in [-0.05, 0) is 5.56 Å². The van der Waals surface area contributed by atoms with Crippen molar-refractivity contribution in [1.29, 1.82) is 0 Å². The molecule has 0 radical (unpaired) electrons. The molecule has 86 valence electrons. The molecule has 3 atom stereocenters. The molecule has 1 aliphatic heterocycles. The SMILES string of the molecule is C=CC(NCc1ccccc1)C1OC1CO. The maximum atomic E-state index is 8.92. The summed E-state index contributed by atoms with van der Waals surface area (Å²) in [4.78, 5) is 0. The summed E-state index contributed by atoms with van der Waals surface area (Å²) in [5.74, 6) is 0. The quantitative estimate of drug-likeness (QED) is 0.556. The third-order valence-electron chi connectivity index (χ3n) is 2.79. The van der Waals surface area contributed by atoms with Crippen molar-refractivity contribution in [3.63, 3.8) is 0 Å². The van der Waals surface area contributed by atoms with E-state index in [4.69, 9.17) is 9.84 Å². The summed E-state index contributed by atoms with van der Waals surface area (Å²) in [5.41, 5.74) is 1.23. The molecule has 0 spiro atoms. The van der Waals surface area contributed by atoms with Crippen LogP contribution in [0.2, 0.25) is 0 Å². The van der Waals surface area contributed by atoms with Crippen LogP contribution in [0.15, 0.2) is 43.0 Å². The topological polar surface area (TPSA) is 44.8 Å². The van der Waals surface area contributed by atoms with Crippen LogP contribution < -0.4 is 5.32 Å². The Morgan fingerprint density at radius 1 is 1.44 bits per heavy atom. The van der Waals surface area contributed by atoms with E-state index in [1.165, 1.54) is 5.56 Å². The van der Waals surface area contributed by atoms with E-state index in [1.54, 1.807) is 0 Å². The lowest BCUT2D eigenvalue weighted by Gasteiger charge is -2.12. The van der Waals surface area contributed by atoms with Crippen molar-refractivity contribution >= 4 is 0 Å². The lowest BCUT2D eigenvalue weighted by molar-refractivity contribution is 0.241. The minimum absolute atomic E-state index is 0.0220. The Labute approximate surface area is 95.7 Å². The Kier molecular flexibility index (Phi) is 3.72. The highest BCUT2D eigenvalue weighted by Crippen LogP contribution is 2.25. The van der Waals surface area contributed by atoms with Crippen LogP contribution in [0, 0.1) is 0 Å². The summed E-state index contributed by atoms with van der Waals surface area (Å²) in [6.45, 7) is 4.65. The van der Waals surface area contributed by atoms with E-state index >= 15 is 0 Å². The number of rotatable bonds is 6. The van der Waals surface area contributed by atoms with E-state index in [0.29, 0.717) is 0 Å². The zero-order chi connectivity index (χ0) is 11.4. The average Bonchev–Trinajstić information content (AvgIpc) is 3.11. The fourth-order valence-electron chi connectivity index (χ4n) is 1.78. The van der Waals surface area contributed by atoms with E-state index in [9.17, 15) is 0 Å². The number of nitrogens with one attached hydrogen (secondary N) is 1. The normalized spacial score (nSPS) is 25.1. The Hall–Kier alpha value is -1.16. The molecule has 0 aliphatic carbocycles. The summed E-state index contributed by atoms with van der Waals surface area (Å²) >= 11 is 0. The number of hydrogen-bond acceptors (Lipinski definition) is 3. The summed E-state index contributed by atoms with van der Waals surface area (Å²) in [7, 11) is 0. The lowest BCUT2D eigenvalue weighted by Crippen LogP contribution is -2.33. The molecular weight excluding hydrogens is 202 g/mol. The molecule has 1 fully saturated rings. The average molecular weight is 219 g/mol. The number of epoxide rings is 1. The van der Waals surface area contributed by atoms with E-state index in [1.807, 2.05) is 24.3 Å². The van der Waals surface area contributed by atoms with Crippen molar-refractivity contribution in [1.82, 2.24) is 5.32 Å². The second-order valence-electron chi connectivity index (χ2n) is 3.95. The van der Waals surface area contributed by atoms with Crippen LogP contribution in [0.4, 0.5) is 0 Å². The number of hydrogen-bond donors (Lipinski definition) is 2. The maximum absolute atomic E-state index is 8.92. The van der Waals surface area contributed by atoms with Gasteiger partial charge in [0, 0.05) is 6.54 Å². The van der Waals surface area contributed by atoms with E-state index in [-0.39, 0.29) is 24.9 Å². The first-order valence-electron chi connectivity index (χ1n) is 5.51. The molecule has 1 aromatic rings. The number of aliphatic hydroxyl groups is 1. The van der Waals surface area contributed by atoms with Gasteiger partial charge in [0.2, 0.25) is 0 Å². The number of ether oxygens (including phenoxy) is 1. The molecule has 3 unspecified atom stereocenters. The molecule has 0 saturated carbocycles. The van der Waals surface area contributed by atoms with Crippen LogP contribution in [-0.4, -0.2) is 30.0 Å². The van der Waals surface area contributed by atoms with Gasteiger partial charge in [-0.15, -0.1) is 6.58 Å². The highest BCUT2D eigenvalue weighted by atomic mass is 16.6. The van der Waals surface area contributed by atoms with Gasteiger partial charge in [0.1, 0.15) is 12.2 Å². The van der Waals surface area contributed by atoms with Gasteiger partial charge < -0.3 is 15.2 Å². The fourth-order valence-corrected chi connectivity index (χ4v) is 1.78. The highest BCUT2D eigenvalue weighted by Gasteiger charge is 2.42. The Morgan fingerprint density at radius 2 is 2.19 bits per heavy atom. The van der Waals surface area contributed by atoms with Crippen molar-refractivity contribution in [3.8, 4) is 0 Å². The second kappa shape index (κ2) is 5.25. The first-order valence-corrected chi connectivity index (χ1v) is 5.51. The van der Waals surface area contributed by atoms with Crippen LogP contribution in [0.1, 0.15) is 5.56 Å². The van der Waals surface area contributed by atoms with Crippen molar-refractivity contribution in [3.05, 3.63) is 48.6 Å². The molecule has 0 amide bonds. The third-order valence-corrected chi connectivity index (χ3v) is 2.79. The number of aliphatic hydroxyl groups excluding tert-OH is 1. The largest absolute Gasteiger partial charge is 0.394 e. The third kappa shape index (κ3) is 2.70. The Bertz CT molecular complexity index is 339. The van der Waals surface area contributed by atoms with Crippen molar-refractivity contribution < 1.29 is 9.84 Å². The molecule has 3 heteroatoms. The van der Waals surface area contributed by atoms with E-state index in [2.05, 4.69) is 24.0 Å². The standard InChI is InChI=1S/C13H17NO2/c1-2-11(13-12(9-15)16-13)14-8-10-6-4-3-5-7-10/h2-7,11-15H,1,8-9H2. The molecular formula is C13H17NO2. The summed E-state index contributed by atoms with van der Waals surface area (Å²) < 4.78 is 5.32. The van der Waals surface area contributed by atoms with Gasteiger partial charge in [0.05, 0.1) is 12.6 Å². The molecule has 1 aromatic carbocycles. The lowest BCUT2D eigenvalue weighted by atomic mass is 10.1. The smallest absolute Gasteiger partial charge is 0.109 e. The second-order valence-corrected chi connectivity index (χ2v) is 3.95. The minimum atomic E-state index is -0.0220. The Morgan fingerprint density at radius 3 is 2.75 bits per heavy atom. The van der Waals surface area contributed by atoms with Gasteiger partial charge in [-0.25, -0.2) is 0 Å². The fraction of sp³-hybridized carbons (Fsp3) is 0.385. The van der Waals surface area contributed by atoms with Gasteiger partial charge >= 0.3 is 0 Å². The van der Waals surface area contributed by atoms with Crippen molar-refractivity contribution in [2.24, 2.45) is 0 Å². The van der Waals surface area contributed by atoms with Gasteiger partial charge in [-0.1, -0.05) is 36.4 Å². The molecule has 0 aromatic heterocycles. The van der Waals surface area contributed by atoms with Crippen LogP contribution in [0.5, 0.6) is 0 Å². The molecule has 3 nitrogen and oxygen atoms in total. The predicted octanol–water partition coefficient (Wildman–Crippen LogP) is 1.09. The molecule has 2 rings (SSSR count). The monoisotopic (exact) mass is 219 g/mol. The molecule has 0 bridgehead atoms.